The van der Waals surface area contributed by atoms with Crippen LogP contribution >= 0.6 is 0 Å². The maximum Gasteiger partial charge on any atom is 0.248 e. The molecule has 6 rings (SSSR count). The van der Waals surface area contributed by atoms with Crippen molar-refractivity contribution in [2.24, 2.45) is 11.5 Å². The maximum absolute atomic E-state index is 11.7. The summed E-state index contributed by atoms with van der Waals surface area (Å²) >= 11 is 0. The standard InChI is InChI=1S/C29H25N5O/c30-27(35)22-9-4-8-21(16-22)25-17-32-28-33-26(24(18-34(25)28)19-6-2-1-3-7-19)20-10-12-23(13-11-20)29(31)14-5-15-29/h1-4,6-13,16-18H,5,14-15,31H2,(H2,30,35). The van der Waals surface area contributed by atoms with E-state index in [1.807, 2.05) is 34.7 Å². The Kier molecular flexibility index (Phi) is 4.97. The second-order valence-corrected chi connectivity index (χ2v) is 9.21. The van der Waals surface area contributed by atoms with E-state index in [-0.39, 0.29) is 5.54 Å². The quantitative estimate of drug-likeness (QED) is 0.379. The molecule has 6 nitrogen and oxygen atoms in total. The van der Waals surface area contributed by atoms with E-state index in [2.05, 4.69) is 47.6 Å². The normalized spacial score (nSPS) is 14.5. The summed E-state index contributed by atoms with van der Waals surface area (Å²) in [4.78, 5) is 21.3. The van der Waals surface area contributed by atoms with E-state index in [1.54, 1.807) is 18.3 Å². The fourth-order valence-corrected chi connectivity index (χ4v) is 4.81. The fraction of sp³-hybridized carbons (Fsp3) is 0.138. The second kappa shape index (κ2) is 8.18. The van der Waals surface area contributed by atoms with Gasteiger partial charge in [-0.2, -0.15) is 0 Å². The van der Waals surface area contributed by atoms with Crippen molar-refractivity contribution in [3.8, 4) is 33.6 Å². The lowest BCUT2D eigenvalue weighted by Gasteiger charge is -2.38. The SMILES string of the molecule is NC(=O)c1cccc(-c2cnc3nc(-c4ccc(C5(N)CCC5)cc4)c(-c4ccccc4)cn23)c1. The first-order chi connectivity index (χ1) is 17.0. The average molecular weight is 460 g/mol. The summed E-state index contributed by atoms with van der Waals surface area (Å²) in [6, 6.07) is 25.9. The molecule has 1 amide bonds. The van der Waals surface area contributed by atoms with E-state index < -0.39 is 5.91 Å². The molecule has 2 heterocycles. The van der Waals surface area contributed by atoms with Crippen molar-refractivity contribution in [3.63, 3.8) is 0 Å². The third-order valence-corrected chi connectivity index (χ3v) is 7.01. The molecule has 1 aliphatic carbocycles. The zero-order valence-electron chi connectivity index (χ0n) is 19.2. The molecule has 0 spiro atoms. The summed E-state index contributed by atoms with van der Waals surface area (Å²) in [7, 11) is 0. The molecule has 35 heavy (non-hydrogen) atoms. The molecule has 0 bridgehead atoms. The lowest BCUT2D eigenvalue weighted by atomic mass is 9.72. The van der Waals surface area contributed by atoms with Crippen LogP contribution < -0.4 is 11.5 Å². The highest BCUT2D eigenvalue weighted by atomic mass is 16.1. The number of carbonyl (C=O) groups is 1. The Balaban J connectivity index is 1.51. The predicted octanol–water partition coefficient (Wildman–Crippen LogP) is 5.17. The van der Waals surface area contributed by atoms with Gasteiger partial charge in [0.15, 0.2) is 0 Å². The number of primary amides is 1. The molecule has 6 heteroatoms. The maximum atomic E-state index is 11.7. The lowest BCUT2D eigenvalue weighted by molar-refractivity contribution is 0.100. The van der Waals surface area contributed by atoms with Crippen molar-refractivity contribution < 1.29 is 4.79 Å². The van der Waals surface area contributed by atoms with Crippen molar-refractivity contribution in [1.29, 1.82) is 0 Å². The van der Waals surface area contributed by atoms with Crippen LogP contribution in [0.15, 0.2) is 91.3 Å². The van der Waals surface area contributed by atoms with Gasteiger partial charge >= 0.3 is 0 Å². The lowest BCUT2D eigenvalue weighted by Crippen LogP contribution is -2.43. The topological polar surface area (TPSA) is 99.3 Å². The Bertz CT molecular complexity index is 1550. The average Bonchev–Trinajstić information content (AvgIpc) is 3.30. The van der Waals surface area contributed by atoms with Gasteiger partial charge in [0.05, 0.1) is 17.6 Å². The zero-order valence-corrected chi connectivity index (χ0v) is 19.2. The highest BCUT2D eigenvalue weighted by Gasteiger charge is 2.34. The molecule has 1 saturated carbocycles. The third kappa shape index (κ3) is 3.68. The van der Waals surface area contributed by atoms with Crippen molar-refractivity contribution in [2.75, 3.05) is 0 Å². The van der Waals surface area contributed by atoms with Crippen molar-refractivity contribution >= 4 is 11.7 Å². The molecule has 2 aromatic heterocycles. The third-order valence-electron chi connectivity index (χ3n) is 7.01. The van der Waals surface area contributed by atoms with E-state index in [0.717, 1.165) is 46.5 Å². The van der Waals surface area contributed by atoms with E-state index in [1.165, 1.54) is 12.0 Å². The number of aromatic nitrogens is 3. The van der Waals surface area contributed by atoms with Crippen LogP contribution in [-0.2, 0) is 5.54 Å². The monoisotopic (exact) mass is 459 g/mol. The molecule has 1 fully saturated rings. The minimum absolute atomic E-state index is 0.199. The Morgan fingerprint density at radius 3 is 2.31 bits per heavy atom. The van der Waals surface area contributed by atoms with Crippen LogP contribution in [0.25, 0.3) is 39.4 Å². The number of amides is 1. The minimum Gasteiger partial charge on any atom is -0.366 e. The number of hydrogen-bond acceptors (Lipinski definition) is 4. The van der Waals surface area contributed by atoms with E-state index in [0.29, 0.717) is 11.3 Å². The number of imidazole rings is 1. The van der Waals surface area contributed by atoms with Gasteiger partial charge in [0.1, 0.15) is 0 Å². The highest BCUT2D eigenvalue weighted by molar-refractivity contribution is 5.94. The number of benzene rings is 3. The molecule has 0 saturated heterocycles. The number of fused-ring (bicyclic) bond motifs is 1. The largest absolute Gasteiger partial charge is 0.366 e. The first-order valence-corrected chi connectivity index (χ1v) is 11.8. The van der Waals surface area contributed by atoms with E-state index in [4.69, 9.17) is 16.5 Å². The summed E-state index contributed by atoms with van der Waals surface area (Å²) in [5.41, 5.74) is 19.1. The Labute approximate surface area is 203 Å². The molecule has 1 aliphatic rings. The summed E-state index contributed by atoms with van der Waals surface area (Å²) in [6.07, 6.45) is 7.08. The summed E-state index contributed by atoms with van der Waals surface area (Å²) in [5.74, 6) is 0.119. The van der Waals surface area contributed by atoms with Crippen LogP contribution in [0.3, 0.4) is 0 Å². The van der Waals surface area contributed by atoms with Gasteiger partial charge in [-0.3, -0.25) is 9.20 Å². The zero-order chi connectivity index (χ0) is 24.0. The van der Waals surface area contributed by atoms with E-state index >= 15 is 0 Å². The molecule has 5 aromatic rings. The molecule has 172 valence electrons. The highest BCUT2D eigenvalue weighted by Crippen LogP contribution is 2.40. The van der Waals surface area contributed by atoms with Crippen LogP contribution in [0.1, 0.15) is 35.2 Å². The molecule has 3 aromatic carbocycles. The van der Waals surface area contributed by atoms with Gasteiger partial charge < -0.3 is 11.5 Å². The van der Waals surface area contributed by atoms with Gasteiger partial charge in [0.25, 0.3) is 0 Å². The second-order valence-electron chi connectivity index (χ2n) is 9.21. The van der Waals surface area contributed by atoms with E-state index in [9.17, 15) is 4.79 Å². The molecular weight excluding hydrogens is 434 g/mol. The number of carbonyl (C=O) groups excluding carboxylic acids is 1. The summed E-state index contributed by atoms with van der Waals surface area (Å²) in [5, 5.41) is 0. The number of rotatable bonds is 5. The van der Waals surface area contributed by atoms with Crippen LogP contribution in [0.4, 0.5) is 0 Å². The Morgan fingerprint density at radius 1 is 0.886 bits per heavy atom. The number of nitrogens with zero attached hydrogens (tertiary/aromatic N) is 3. The van der Waals surface area contributed by atoms with Gasteiger partial charge in [-0.25, -0.2) is 9.97 Å². The van der Waals surface area contributed by atoms with Gasteiger partial charge in [0.2, 0.25) is 11.7 Å². The van der Waals surface area contributed by atoms with Crippen molar-refractivity contribution in [1.82, 2.24) is 14.4 Å². The minimum atomic E-state index is -0.462. The van der Waals surface area contributed by atoms with Crippen LogP contribution in [-0.4, -0.2) is 20.3 Å². The number of hydrogen-bond donors (Lipinski definition) is 2. The molecule has 4 N–H and O–H groups in total. The van der Waals surface area contributed by atoms with Crippen LogP contribution in [0.2, 0.25) is 0 Å². The van der Waals surface area contributed by atoms with Gasteiger partial charge in [-0.1, -0.05) is 66.7 Å². The number of nitrogens with two attached hydrogens (primary N) is 2. The first kappa shape index (κ1) is 21.3. The Hall–Kier alpha value is -4.29. The van der Waals surface area contributed by atoms with Gasteiger partial charge in [-0.05, 0) is 42.5 Å². The summed E-state index contributed by atoms with van der Waals surface area (Å²) in [6.45, 7) is 0. The summed E-state index contributed by atoms with van der Waals surface area (Å²) < 4.78 is 1.96. The van der Waals surface area contributed by atoms with Crippen molar-refractivity contribution in [2.45, 2.75) is 24.8 Å². The van der Waals surface area contributed by atoms with Crippen LogP contribution in [0, 0.1) is 0 Å². The van der Waals surface area contributed by atoms with Crippen LogP contribution in [0.5, 0.6) is 0 Å². The van der Waals surface area contributed by atoms with Crippen molar-refractivity contribution in [3.05, 3.63) is 102 Å². The smallest absolute Gasteiger partial charge is 0.248 e. The molecule has 0 unspecified atom stereocenters. The van der Waals surface area contributed by atoms with Gasteiger partial charge in [-0.15, -0.1) is 0 Å². The van der Waals surface area contributed by atoms with Gasteiger partial charge in [0, 0.05) is 34.0 Å². The molecule has 0 radical (unpaired) electrons. The first-order valence-electron chi connectivity index (χ1n) is 11.8. The Morgan fingerprint density at radius 2 is 1.63 bits per heavy atom. The fourth-order valence-electron chi connectivity index (χ4n) is 4.81. The predicted molar refractivity (Wildman–Crippen MR) is 138 cm³/mol. The molecule has 0 aliphatic heterocycles. The molecule has 0 atom stereocenters. The molecular formula is C29H25N5O.